The van der Waals surface area contributed by atoms with Gasteiger partial charge in [0.25, 0.3) is 5.91 Å². The van der Waals surface area contributed by atoms with E-state index in [0.717, 1.165) is 42.4 Å². The Hall–Kier alpha value is -4.54. The first-order valence-electron chi connectivity index (χ1n) is 13.7. The molecule has 0 bridgehead atoms. The predicted molar refractivity (Wildman–Crippen MR) is 153 cm³/mol. The highest BCUT2D eigenvalue weighted by atomic mass is 16.6. The minimum Gasteiger partial charge on any atom is -0.494 e. The maximum Gasteiger partial charge on any atom is 0.357 e. The number of carbonyl (C=O) groups is 3. The van der Waals surface area contributed by atoms with Gasteiger partial charge in [0.05, 0.1) is 18.5 Å². The molecule has 2 aliphatic rings. The SMILES string of the molecule is CNC(=O)c1nnc(NC(=O)C2CC2)cc1Nc1cccc(-c2cnc(C(=O)OC(C)(C)C)cc2C2CC2)c1OC. The second-order valence-corrected chi connectivity index (χ2v) is 11.3. The fourth-order valence-corrected chi connectivity index (χ4v) is 4.49. The van der Waals surface area contributed by atoms with Gasteiger partial charge in [-0.15, -0.1) is 10.2 Å². The number of para-hydroxylation sites is 1. The van der Waals surface area contributed by atoms with Gasteiger partial charge >= 0.3 is 5.97 Å². The summed E-state index contributed by atoms with van der Waals surface area (Å²) in [6, 6.07) is 9.00. The molecule has 2 aliphatic carbocycles. The molecule has 5 rings (SSSR count). The minimum absolute atomic E-state index is 0.0143. The van der Waals surface area contributed by atoms with Gasteiger partial charge < -0.3 is 25.4 Å². The summed E-state index contributed by atoms with van der Waals surface area (Å²) in [4.78, 5) is 42.1. The number of nitrogens with zero attached hydrogens (tertiary/aromatic N) is 3. The van der Waals surface area contributed by atoms with Crippen LogP contribution in [0.5, 0.6) is 5.75 Å². The van der Waals surface area contributed by atoms with Crippen molar-refractivity contribution in [1.82, 2.24) is 20.5 Å². The first-order chi connectivity index (χ1) is 19.6. The number of hydrogen-bond acceptors (Lipinski definition) is 9. The molecule has 2 saturated carbocycles. The maximum atomic E-state index is 12.7. The summed E-state index contributed by atoms with van der Waals surface area (Å²) in [7, 11) is 3.07. The Kier molecular flexibility index (Phi) is 7.61. The molecule has 11 nitrogen and oxygen atoms in total. The summed E-state index contributed by atoms with van der Waals surface area (Å²) in [5.74, 6) is 0.0250. The molecule has 41 heavy (non-hydrogen) atoms. The highest BCUT2D eigenvalue weighted by Crippen LogP contribution is 2.47. The van der Waals surface area contributed by atoms with Gasteiger partial charge in [-0.3, -0.25) is 9.59 Å². The van der Waals surface area contributed by atoms with Crippen LogP contribution in [0.4, 0.5) is 17.2 Å². The van der Waals surface area contributed by atoms with Crippen molar-refractivity contribution in [3.8, 4) is 16.9 Å². The van der Waals surface area contributed by atoms with Gasteiger partial charge in [-0.1, -0.05) is 12.1 Å². The fraction of sp³-hybridized carbons (Fsp3) is 0.400. The van der Waals surface area contributed by atoms with Gasteiger partial charge in [0.1, 0.15) is 17.0 Å². The first-order valence-corrected chi connectivity index (χ1v) is 13.7. The number of esters is 1. The number of benzene rings is 1. The van der Waals surface area contributed by atoms with E-state index in [0.29, 0.717) is 23.0 Å². The molecule has 2 aromatic heterocycles. The molecule has 1 aromatic carbocycles. The van der Waals surface area contributed by atoms with E-state index in [-0.39, 0.29) is 29.0 Å². The molecule has 0 radical (unpaired) electrons. The van der Waals surface area contributed by atoms with E-state index in [1.165, 1.54) is 7.05 Å². The first kappa shape index (κ1) is 28.0. The summed E-state index contributed by atoms with van der Waals surface area (Å²) < 4.78 is 11.4. The van der Waals surface area contributed by atoms with Crippen LogP contribution < -0.4 is 20.7 Å². The Bertz CT molecular complexity index is 1510. The molecule has 11 heteroatoms. The van der Waals surface area contributed by atoms with Crippen molar-refractivity contribution in [1.29, 1.82) is 0 Å². The lowest BCUT2D eigenvalue weighted by atomic mass is 9.96. The van der Waals surface area contributed by atoms with Crippen LogP contribution >= 0.6 is 0 Å². The van der Waals surface area contributed by atoms with Crippen LogP contribution in [0.15, 0.2) is 36.5 Å². The van der Waals surface area contributed by atoms with E-state index in [9.17, 15) is 14.4 Å². The highest BCUT2D eigenvalue weighted by molar-refractivity contribution is 6.00. The summed E-state index contributed by atoms with van der Waals surface area (Å²) in [6.45, 7) is 5.47. The lowest BCUT2D eigenvalue weighted by Gasteiger charge is -2.20. The van der Waals surface area contributed by atoms with E-state index in [2.05, 4.69) is 31.1 Å². The lowest BCUT2D eigenvalue weighted by molar-refractivity contribution is -0.117. The number of nitrogens with one attached hydrogen (secondary N) is 3. The van der Waals surface area contributed by atoms with Crippen LogP contribution in [0.3, 0.4) is 0 Å². The second-order valence-electron chi connectivity index (χ2n) is 11.3. The third-order valence-electron chi connectivity index (χ3n) is 6.78. The Morgan fingerprint density at radius 3 is 2.37 bits per heavy atom. The Labute approximate surface area is 238 Å². The smallest absolute Gasteiger partial charge is 0.357 e. The van der Waals surface area contributed by atoms with E-state index in [1.807, 2.05) is 45.0 Å². The van der Waals surface area contributed by atoms with Crippen molar-refractivity contribution >= 4 is 35.0 Å². The van der Waals surface area contributed by atoms with Gasteiger partial charge in [0.15, 0.2) is 11.5 Å². The molecule has 0 atom stereocenters. The van der Waals surface area contributed by atoms with E-state index in [1.54, 1.807) is 19.4 Å². The quantitative estimate of drug-likeness (QED) is 0.314. The fourth-order valence-electron chi connectivity index (χ4n) is 4.49. The largest absolute Gasteiger partial charge is 0.494 e. The van der Waals surface area contributed by atoms with Gasteiger partial charge in [-0.25, -0.2) is 9.78 Å². The monoisotopic (exact) mass is 558 g/mol. The Morgan fingerprint density at radius 2 is 1.73 bits per heavy atom. The van der Waals surface area contributed by atoms with Crippen molar-refractivity contribution in [3.63, 3.8) is 0 Å². The van der Waals surface area contributed by atoms with Crippen molar-refractivity contribution in [2.75, 3.05) is 24.8 Å². The van der Waals surface area contributed by atoms with Crippen molar-refractivity contribution < 1.29 is 23.9 Å². The van der Waals surface area contributed by atoms with E-state index < -0.39 is 17.5 Å². The number of ether oxygens (including phenoxy) is 2. The van der Waals surface area contributed by atoms with Gasteiger partial charge in [-0.05, 0) is 70.1 Å². The highest BCUT2D eigenvalue weighted by Gasteiger charge is 2.31. The third kappa shape index (κ3) is 6.45. The maximum absolute atomic E-state index is 12.7. The number of pyridine rings is 1. The molecule has 0 aliphatic heterocycles. The molecular weight excluding hydrogens is 524 g/mol. The molecule has 2 fully saturated rings. The Morgan fingerprint density at radius 1 is 0.976 bits per heavy atom. The van der Waals surface area contributed by atoms with E-state index >= 15 is 0 Å². The summed E-state index contributed by atoms with van der Waals surface area (Å²) >= 11 is 0. The lowest BCUT2D eigenvalue weighted by Crippen LogP contribution is -2.24. The zero-order chi connectivity index (χ0) is 29.3. The molecule has 0 spiro atoms. The predicted octanol–water partition coefficient (Wildman–Crippen LogP) is 4.83. The minimum atomic E-state index is -0.629. The van der Waals surface area contributed by atoms with Crippen molar-refractivity contribution in [3.05, 3.63) is 53.5 Å². The van der Waals surface area contributed by atoms with Gasteiger partial charge in [0, 0.05) is 36.4 Å². The number of hydrogen-bond donors (Lipinski definition) is 3. The summed E-state index contributed by atoms with van der Waals surface area (Å²) in [5.41, 5.74) is 3.23. The molecule has 3 N–H and O–H groups in total. The molecule has 0 unspecified atom stereocenters. The number of amides is 2. The number of aromatic nitrogens is 3. The van der Waals surface area contributed by atoms with Gasteiger partial charge in [0.2, 0.25) is 5.91 Å². The summed E-state index contributed by atoms with van der Waals surface area (Å²) in [6.07, 6.45) is 5.41. The third-order valence-corrected chi connectivity index (χ3v) is 6.78. The van der Waals surface area contributed by atoms with Crippen LogP contribution in [0.1, 0.15) is 78.9 Å². The number of methoxy groups -OCH3 is 1. The van der Waals surface area contributed by atoms with Crippen LogP contribution in [0.2, 0.25) is 0 Å². The number of rotatable bonds is 9. The van der Waals surface area contributed by atoms with Crippen LogP contribution in [-0.2, 0) is 9.53 Å². The molecule has 2 heterocycles. The van der Waals surface area contributed by atoms with Crippen LogP contribution in [0, 0.1) is 5.92 Å². The van der Waals surface area contributed by atoms with Crippen LogP contribution in [0.25, 0.3) is 11.1 Å². The number of anilines is 3. The van der Waals surface area contributed by atoms with E-state index in [4.69, 9.17) is 9.47 Å². The van der Waals surface area contributed by atoms with Crippen molar-refractivity contribution in [2.45, 2.75) is 58.0 Å². The zero-order valence-corrected chi connectivity index (χ0v) is 23.8. The normalized spacial score (nSPS) is 14.7. The second kappa shape index (κ2) is 11.1. The molecule has 0 saturated heterocycles. The van der Waals surface area contributed by atoms with Gasteiger partial charge in [-0.2, -0.15) is 0 Å². The number of carbonyl (C=O) groups excluding carboxylic acids is 3. The zero-order valence-electron chi connectivity index (χ0n) is 23.8. The molecular formula is C30H34N6O5. The average molecular weight is 559 g/mol. The standard InChI is InChI=1S/C30H34N6O5/c1-30(2,3)41-29(39)23-13-19(16-9-10-16)20(15-32-23)18-7-6-8-21(26(18)40-5)33-22-14-24(34-27(37)17-11-12-17)35-36-25(22)28(38)31-4/h6-8,13-17H,9-12H2,1-5H3,(H,31,38)(H2,33,34,35,37). The summed E-state index contributed by atoms with van der Waals surface area (Å²) in [5, 5.41) is 16.7. The average Bonchev–Trinajstić information content (AvgIpc) is 3.85. The topological polar surface area (TPSA) is 144 Å². The molecule has 214 valence electrons. The Balaban J connectivity index is 1.52. The molecule has 3 aromatic rings. The van der Waals surface area contributed by atoms with Crippen molar-refractivity contribution in [2.24, 2.45) is 5.92 Å². The molecule has 2 amide bonds. The van der Waals surface area contributed by atoms with Crippen LogP contribution in [-0.4, -0.2) is 52.7 Å².